The number of carbonyl (C=O) groups is 1. The second-order valence-corrected chi connectivity index (χ2v) is 7.09. The van der Waals surface area contributed by atoms with Gasteiger partial charge in [-0.25, -0.2) is 9.78 Å². The van der Waals surface area contributed by atoms with Crippen molar-refractivity contribution in [3.8, 4) is 6.07 Å². The van der Waals surface area contributed by atoms with E-state index in [1.54, 1.807) is 6.20 Å². The van der Waals surface area contributed by atoms with Crippen molar-refractivity contribution in [3.63, 3.8) is 0 Å². The molecular formula is C18H21N3O2. The van der Waals surface area contributed by atoms with E-state index in [0.29, 0.717) is 5.69 Å². The van der Waals surface area contributed by atoms with Gasteiger partial charge >= 0.3 is 6.09 Å². The number of carbonyl (C=O) groups excluding carboxylic acids is 1. The summed E-state index contributed by atoms with van der Waals surface area (Å²) in [7, 11) is 0. The molecule has 2 aliphatic rings. The van der Waals surface area contributed by atoms with Crippen LogP contribution in [0, 0.1) is 11.3 Å². The van der Waals surface area contributed by atoms with Crippen LogP contribution in [0.25, 0.3) is 5.57 Å². The van der Waals surface area contributed by atoms with Crippen LogP contribution in [-0.4, -0.2) is 33.7 Å². The highest BCUT2D eigenvalue weighted by molar-refractivity contribution is 5.76. The Bertz CT molecular complexity index is 697. The van der Waals surface area contributed by atoms with Crippen molar-refractivity contribution in [1.29, 1.82) is 5.26 Å². The molecule has 2 bridgehead atoms. The van der Waals surface area contributed by atoms with Gasteiger partial charge in [0.1, 0.15) is 17.4 Å². The van der Waals surface area contributed by atoms with Gasteiger partial charge in [0.05, 0.1) is 6.04 Å². The van der Waals surface area contributed by atoms with Crippen molar-refractivity contribution in [2.75, 3.05) is 0 Å². The lowest BCUT2D eigenvalue weighted by atomic mass is 9.94. The standard InChI is InChI=1S/C18H21N3O2/c1-18(2,3)23-17(22)21-13-6-7-14(21)10-12(9-13)15-5-4-8-20-16(15)11-19/h4-5,8-9,13-14H,6-7,10H2,1-3H3. The molecular weight excluding hydrogens is 290 g/mol. The first-order chi connectivity index (χ1) is 10.9. The minimum absolute atomic E-state index is 0.0466. The molecule has 1 amide bonds. The highest BCUT2D eigenvalue weighted by Crippen LogP contribution is 2.39. The summed E-state index contributed by atoms with van der Waals surface area (Å²) in [4.78, 5) is 18.4. The van der Waals surface area contributed by atoms with Crippen LogP contribution in [0.1, 0.15) is 51.3 Å². The molecule has 0 saturated carbocycles. The van der Waals surface area contributed by atoms with Gasteiger partial charge in [-0.05, 0) is 51.7 Å². The fourth-order valence-electron chi connectivity index (χ4n) is 3.38. The maximum absolute atomic E-state index is 12.5. The predicted octanol–water partition coefficient (Wildman–Crippen LogP) is 3.51. The maximum atomic E-state index is 12.5. The number of nitriles is 1. The molecule has 2 atom stereocenters. The lowest BCUT2D eigenvalue weighted by Crippen LogP contribution is -2.45. The summed E-state index contributed by atoms with van der Waals surface area (Å²) < 4.78 is 5.54. The number of ether oxygens (including phenoxy) is 1. The zero-order valence-electron chi connectivity index (χ0n) is 13.7. The fraction of sp³-hybridized carbons (Fsp3) is 0.500. The Morgan fingerprint density at radius 1 is 1.43 bits per heavy atom. The minimum atomic E-state index is -0.488. The van der Waals surface area contributed by atoms with Gasteiger partial charge in [-0.3, -0.25) is 4.90 Å². The SMILES string of the molecule is CC(C)(C)OC(=O)N1C2C=C(c3cccnc3C#N)CC1CC2. The number of aromatic nitrogens is 1. The number of pyridine rings is 1. The van der Waals surface area contributed by atoms with Crippen molar-refractivity contribution >= 4 is 11.7 Å². The Morgan fingerprint density at radius 2 is 2.22 bits per heavy atom. The summed E-state index contributed by atoms with van der Waals surface area (Å²) in [5.74, 6) is 0. The van der Waals surface area contributed by atoms with E-state index in [1.165, 1.54) is 0 Å². The zero-order valence-corrected chi connectivity index (χ0v) is 13.7. The smallest absolute Gasteiger partial charge is 0.411 e. The molecule has 0 aliphatic carbocycles. The number of amides is 1. The summed E-state index contributed by atoms with van der Waals surface area (Å²) in [6.07, 6.45) is 6.14. The molecule has 0 spiro atoms. The third kappa shape index (κ3) is 3.07. The Labute approximate surface area is 136 Å². The molecule has 1 aromatic rings. The van der Waals surface area contributed by atoms with E-state index in [9.17, 15) is 10.1 Å². The van der Waals surface area contributed by atoms with Crippen LogP contribution in [0.4, 0.5) is 4.79 Å². The van der Waals surface area contributed by atoms with Gasteiger partial charge in [0.25, 0.3) is 0 Å². The first-order valence-corrected chi connectivity index (χ1v) is 7.96. The zero-order chi connectivity index (χ0) is 16.6. The summed E-state index contributed by atoms with van der Waals surface area (Å²) in [5.41, 5.74) is 1.96. The molecule has 1 saturated heterocycles. The summed E-state index contributed by atoms with van der Waals surface area (Å²) in [6.45, 7) is 5.65. The van der Waals surface area contributed by atoms with Gasteiger partial charge in [0.2, 0.25) is 0 Å². The van der Waals surface area contributed by atoms with Gasteiger partial charge < -0.3 is 4.74 Å². The van der Waals surface area contributed by atoms with E-state index in [0.717, 1.165) is 30.4 Å². The Balaban J connectivity index is 1.87. The van der Waals surface area contributed by atoms with E-state index in [4.69, 9.17) is 4.74 Å². The number of hydrogen-bond donors (Lipinski definition) is 0. The molecule has 2 aliphatic heterocycles. The second kappa shape index (κ2) is 5.69. The van der Waals surface area contributed by atoms with Crippen LogP contribution in [-0.2, 0) is 4.74 Å². The third-order valence-electron chi connectivity index (χ3n) is 4.26. The van der Waals surface area contributed by atoms with Gasteiger partial charge in [-0.15, -0.1) is 0 Å². The molecule has 120 valence electrons. The number of fused-ring (bicyclic) bond motifs is 2. The summed E-state index contributed by atoms with van der Waals surface area (Å²) in [5, 5.41) is 9.24. The molecule has 0 aromatic carbocycles. The van der Waals surface area contributed by atoms with Crippen molar-refractivity contribution in [3.05, 3.63) is 35.7 Å². The van der Waals surface area contributed by atoms with Gasteiger partial charge in [-0.1, -0.05) is 12.1 Å². The molecule has 0 radical (unpaired) electrons. The van der Waals surface area contributed by atoms with E-state index in [-0.39, 0.29) is 18.2 Å². The van der Waals surface area contributed by atoms with E-state index in [2.05, 4.69) is 17.1 Å². The lowest BCUT2D eigenvalue weighted by molar-refractivity contribution is 0.0175. The predicted molar refractivity (Wildman–Crippen MR) is 86.4 cm³/mol. The van der Waals surface area contributed by atoms with Crippen LogP contribution in [0.15, 0.2) is 24.4 Å². The lowest BCUT2D eigenvalue weighted by Gasteiger charge is -2.35. The van der Waals surface area contributed by atoms with Crippen LogP contribution in [0.3, 0.4) is 0 Å². The van der Waals surface area contributed by atoms with Gasteiger partial charge in [0.15, 0.2) is 0 Å². The topological polar surface area (TPSA) is 66.2 Å². The summed E-state index contributed by atoms with van der Waals surface area (Å²) >= 11 is 0. The first kappa shape index (κ1) is 15.5. The van der Waals surface area contributed by atoms with Crippen molar-refractivity contribution < 1.29 is 9.53 Å². The van der Waals surface area contributed by atoms with Crippen LogP contribution in [0.2, 0.25) is 0 Å². The third-order valence-corrected chi connectivity index (χ3v) is 4.26. The molecule has 23 heavy (non-hydrogen) atoms. The Morgan fingerprint density at radius 3 is 2.87 bits per heavy atom. The molecule has 1 fully saturated rings. The highest BCUT2D eigenvalue weighted by atomic mass is 16.6. The van der Waals surface area contributed by atoms with Crippen LogP contribution in [0.5, 0.6) is 0 Å². The molecule has 3 rings (SSSR count). The fourth-order valence-corrected chi connectivity index (χ4v) is 3.38. The van der Waals surface area contributed by atoms with Crippen molar-refractivity contribution in [2.45, 2.75) is 57.7 Å². The maximum Gasteiger partial charge on any atom is 0.411 e. The largest absolute Gasteiger partial charge is 0.444 e. The second-order valence-electron chi connectivity index (χ2n) is 7.09. The first-order valence-electron chi connectivity index (χ1n) is 7.96. The van der Waals surface area contributed by atoms with Gasteiger partial charge in [-0.2, -0.15) is 5.26 Å². The average molecular weight is 311 g/mol. The van der Waals surface area contributed by atoms with Crippen LogP contribution >= 0.6 is 0 Å². The molecule has 0 N–H and O–H groups in total. The van der Waals surface area contributed by atoms with Gasteiger partial charge in [0, 0.05) is 17.8 Å². The molecule has 5 nitrogen and oxygen atoms in total. The Hall–Kier alpha value is -2.35. The number of hydrogen-bond acceptors (Lipinski definition) is 4. The quantitative estimate of drug-likeness (QED) is 0.796. The minimum Gasteiger partial charge on any atom is -0.444 e. The van der Waals surface area contributed by atoms with E-state index < -0.39 is 5.60 Å². The van der Waals surface area contributed by atoms with E-state index in [1.807, 2.05) is 37.8 Å². The molecule has 2 unspecified atom stereocenters. The molecule has 3 heterocycles. The van der Waals surface area contributed by atoms with Crippen LogP contribution < -0.4 is 0 Å². The average Bonchev–Trinajstić information content (AvgIpc) is 2.76. The number of rotatable bonds is 1. The Kier molecular flexibility index (Phi) is 3.85. The monoisotopic (exact) mass is 311 g/mol. The molecule has 5 heteroatoms. The van der Waals surface area contributed by atoms with Crippen molar-refractivity contribution in [2.24, 2.45) is 0 Å². The molecule has 1 aromatic heterocycles. The summed E-state index contributed by atoms with van der Waals surface area (Å²) in [6, 6.07) is 6.11. The highest BCUT2D eigenvalue weighted by Gasteiger charge is 2.41. The van der Waals surface area contributed by atoms with Crippen molar-refractivity contribution in [1.82, 2.24) is 9.88 Å². The van der Waals surface area contributed by atoms with E-state index >= 15 is 0 Å². The number of nitrogens with zero attached hydrogens (tertiary/aromatic N) is 3. The normalized spacial score (nSPS) is 23.2.